The molecule has 2 aromatic heterocycles. The van der Waals surface area contributed by atoms with Crippen LogP contribution in [0.5, 0.6) is 0 Å². The molecule has 1 aromatic carbocycles. The summed E-state index contributed by atoms with van der Waals surface area (Å²) in [6, 6.07) is 7.32. The number of benzene rings is 1. The molecule has 0 aliphatic heterocycles. The summed E-state index contributed by atoms with van der Waals surface area (Å²) in [5.74, 6) is -0.236. The van der Waals surface area contributed by atoms with Gasteiger partial charge in [0, 0.05) is 24.2 Å². The average molecular weight is 338 g/mol. The van der Waals surface area contributed by atoms with Crippen LogP contribution in [0.4, 0.5) is 5.69 Å². The van der Waals surface area contributed by atoms with Crippen molar-refractivity contribution in [1.29, 1.82) is 0 Å². The summed E-state index contributed by atoms with van der Waals surface area (Å²) >= 11 is 0. The predicted octanol–water partition coefficient (Wildman–Crippen LogP) is 2.61. The first-order valence-electron chi connectivity index (χ1n) is 8.19. The molecule has 0 radical (unpaired) electrons. The number of rotatable bonds is 3. The maximum Gasteiger partial charge on any atom is 0.252 e. The molecule has 0 saturated carbocycles. The summed E-state index contributed by atoms with van der Waals surface area (Å²) in [6.07, 6.45) is 0. The van der Waals surface area contributed by atoms with Gasteiger partial charge in [0.25, 0.3) is 5.56 Å². The first-order valence-corrected chi connectivity index (χ1v) is 8.19. The van der Waals surface area contributed by atoms with E-state index in [4.69, 9.17) is 0 Å². The van der Waals surface area contributed by atoms with E-state index < -0.39 is 0 Å². The summed E-state index contributed by atoms with van der Waals surface area (Å²) in [7, 11) is 1.79. The third-order valence-corrected chi connectivity index (χ3v) is 4.63. The number of pyridine rings is 1. The van der Waals surface area contributed by atoms with Gasteiger partial charge in [0.15, 0.2) is 0 Å². The Hall–Kier alpha value is -2.89. The van der Waals surface area contributed by atoms with Gasteiger partial charge < -0.3 is 5.32 Å². The topological polar surface area (TPSA) is 68.9 Å². The number of hydrogen-bond donors (Lipinski definition) is 1. The van der Waals surface area contributed by atoms with Crippen molar-refractivity contribution in [1.82, 2.24) is 14.3 Å². The zero-order valence-corrected chi connectivity index (χ0v) is 15.2. The number of nitrogens with zero attached hydrogens (tertiary/aromatic N) is 3. The molecule has 2 heterocycles. The van der Waals surface area contributed by atoms with Gasteiger partial charge in [-0.15, -0.1) is 0 Å². The molecule has 0 atom stereocenters. The molecule has 0 aliphatic carbocycles. The van der Waals surface area contributed by atoms with Gasteiger partial charge in [-0.2, -0.15) is 5.10 Å². The molecule has 0 aliphatic rings. The summed E-state index contributed by atoms with van der Waals surface area (Å²) in [4.78, 5) is 25.0. The minimum Gasteiger partial charge on any atom is -0.324 e. The van der Waals surface area contributed by atoms with E-state index in [1.165, 1.54) is 4.57 Å². The van der Waals surface area contributed by atoms with Crippen molar-refractivity contribution in [2.45, 2.75) is 34.2 Å². The molecule has 25 heavy (non-hydrogen) atoms. The number of nitrogens with one attached hydrogen (secondary N) is 1. The number of hydrogen-bond acceptors (Lipinski definition) is 3. The monoisotopic (exact) mass is 338 g/mol. The molecule has 3 rings (SSSR count). The van der Waals surface area contributed by atoms with Gasteiger partial charge in [0.05, 0.1) is 5.69 Å². The molecule has 130 valence electrons. The van der Waals surface area contributed by atoms with Crippen LogP contribution in [0.15, 0.2) is 29.1 Å². The molecule has 1 N–H and O–H groups in total. The van der Waals surface area contributed by atoms with Gasteiger partial charge in [-0.05, 0) is 50.5 Å². The molecular formula is C19H22N4O2. The van der Waals surface area contributed by atoms with Crippen molar-refractivity contribution in [2.24, 2.45) is 7.05 Å². The fourth-order valence-electron chi connectivity index (χ4n) is 3.23. The third kappa shape index (κ3) is 2.95. The highest BCUT2D eigenvalue weighted by Crippen LogP contribution is 2.20. The van der Waals surface area contributed by atoms with Crippen molar-refractivity contribution in [3.63, 3.8) is 0 Å². The molecule has 6 nitrogen and oxygen atoms in total. The minimum absolute atomic E-state index is 0.0536. The zero-order valence-electron chi connectivity index (χ0n) is 15.2. The molecule has 6 heteroatoms. The summed E-state index contributed by atoms with van der Waals surface area (Å²) in [6.45, 7) is 7.70. The molecule has 0 unspecified atom stereocenters. The normalized spacial score (nSPS) is 11.1. The van der Waals surface area contributed by atoms with Gasteiger partial charge in [-0.1, -0.05) is 12.1 Å². The minimum atomic E-state index is -0.236. The second kappa shape index (κ2) is 6.20. The van der Waals surface area contributed by atoms with Gasteiger partial charge in [-0.25, -0.2) is 0 Å². The van der Waals surface area contributed by atoms with Crippen LogP contribution in [-0.2, 0) is 18.4 Å². The summed E-state index contributed by atoms with van der Waals surface area (Å²) in [5, 5.41) is 8.22. The Morgan fingerprint density at radius 2 is 1.88 bits per heavy atom. The number of aryl methyl sites for hydroxylation is 4. The Bertz CT molecular complexity index is 1040. The Kier molecular flexibility index (Phi) is 4.20. The van der Waals surface area contributed by atoms with Gasteiger partial charge in [0.2, 0.25) is 5.91 Å². The maximum absolute atomic E-state index is 12.5. The van der Waals surface area contributed by atoms with Gasteiger partial charge in [-0.3, -0.25) is 18.8 Å². The lowest BCUT2D eigenvalue weighted by Crippen LogP contribution is -2.29. The molecule has 0 spiro atoms. The van der Waals surface area contributed by atoms with Crippen molar-refractivity contribution in [3.8, 4) is 0 Å². The Morgan fingerprint density at radius 1 is 1.16 bits per heavy atom. The molecule has 0 saturated heterocycles. The lowest BCUT2D eigenvalue weighted by molar-refractivity contribution is -0.116. The summed E-state index contributed by atoms with van der Waals surface area (Å²) < 4.78 is 3.13. The number of fused-ring (bicyclic) bond motifs is 1. The second-order valence-electron chi connectivity index (χ2n) is 6.46. The first kappa shape index (κ1) is 17.0. The highest BCUT2D eigenvalue weighted by atomic mass is 16.2. The van der Waals surface area contributed by atoms with Crippen LogP contribution in [0.1, 0.15) is 22.4 Å². The van der Waals surface area contributed by atoms with Crippen LogP contribution in [0, 0.1) is 27.7 Å². The quantitative estimate of drug-likeness (QED) is 0.798. The Balaban J connectivity index is 1.99. The largest absolute Gasteiger partial charge is 0.324 e. The number of carbonyl (C=O) groups excluding carboxylic acids is 1. The fourth-order valence-corrected chi connectivity index (χ4v) is 3.23. The van der Waals surface area contributed by atoms with Crippen LogP contribution in [0.3, 0.4) is 0 Å². The van der Waals surface area contributed by atoms with Gasteiger partial charge >= 0.3 is 0 Å². The van der Waals surface area contributed by atoms with Crippen LogP contribution in [0.25, 0.3) is 11.0 Å². The highest BCUT2D eigenvalue weighted by molar-refractivity contribution is 5.92. The molecule has 0 bridgehead atoms. The van der Waals surface area contributed by atoms with Crippen LogP contribution >= 0.6 is 0 Å². The van der Waals surface area contributed by atoms with E-state index in [9.17, 15) is 9.59 Å². The Morgan fingerprint density at radius 3 is 2.60 bits per heavy atom. The summed E-state index contributed by atoms with van der Waals surface area (Å²) in [5.41, 5.74) is 5.07. The maximum atomic E-state index is 12.5. The molecule has 3 aromatic rings. The highest BCUT2D eigenvalue weighted by Gasteiger charge is 2.16. The fraction of sp³-hybridized carbons (Fsp3) is 0.316. The van der Waals surface area contributed by atoms with E-state index in [2.05, 4.69) is 10.4 Å². The van der Waals surface area contributed by atoms with Crippen LogP contribution in [-0.4, -0.2) is 20.3 Å². The van der Waals surface area contributed by atoms with Crippen LogP contribution < -0.4 is 10.9 Å². The third-order valence-electron chi connectivity index (χ3n) is 4.63. The predicted molar refractivity (Wildman–Crippen MR) is 99.0 cm³/mol. The van der Waals surface area contributed by atoms with Crippen molar-refractivity contribution in [2.75, 3.05) is 5.32 Å². The van der Waals surface area contributed by atoms with E-state index in [1.54, 1.807) is 17.8 Å². The molecule has 0 fully saturated rings. The zero-order chi connectivity index (χ0) is 18.3. The number of anilines is 1. The lowest BCUT2D eigenvalue weighted by Gasteiger charge is -2.13. The Labute approximate surface area is 146 Å². The van der Waals surface area contributed by atoms with E-state index >= 15 is 0 Å². The number of carbonyl (C=O) groups is 1. The van der Waals surface area contributed by atoms with E-state index in [1.807, 2.05) is 45.9 Å². The van der Waals surface area contributed by atoms with E-state index in [-0.39, 0.29) is 18.0 Å². The molecule has 1 amide bonds. The second-order valence-corrected chi connectivity index (χ2v) is 6.46. The standard InChI is InChI=1S/C19H22N4O2/c1-11-7-6-8-15(13(11)3)20-16(24)10-23-17(25)9-12(2)18-14(4)21-22(5)19(18)23/h6-9H,10H2,1-5H3,(H,20,24). The van der Waals surface area contributed by atoms with E-state index in [0.717, 1.165) is 33.5 Å². The smallest absolute Gasteiger partial charge is 0.252 e. The van der Waals surface area contributed by atoms with Crippen LogP contribution in [0.2, 0.25) is 0 Å². The van der Waals surface area contributed by atoms with Crippen molar-refractivity contribution in [3.05, 3.63) is 57.0 Å². The molecular weight excluding hydrogens is 316 g/mol. The SMILES string of the molecule is Cc1cccc(NC(=O)Cn2c(=O)cc(C)c3c(C)nn(C)c32)c1C. The number of amides is 1. The van der Waals surface area contributed by atoms with Gasteiger partial charge in [0.1, 0.15) is 12.2 Å². The van der Waals surface area contributed by atoms with E-state index in [0.29, 0.717) is 5.65 Å². The average Bonchev–Trinajstić information content (AvgIpc) is 2.83. The van der Waals surface area contributed by atoms with Crippen molar-refractivity contribution < 1.29 is 4.79 Å². The first-order chi connectivity index (χ1) is 11.8. The number of aromatic nitrogens is 3. The van der Waals surface area contributed by atoms with Crippen molar-refractivity contribution >= 4 is 22.6 Å². The lowest BCUT2D eigenvalue weighted by atomic mass is 10.1.